The average Bonchev–Trinajstić information content (AvgIpc) is 3.03. The molecule has 3 heterocycles. The second-order valence-electron chi connectivity index (χ2n) is 15.2. The summed E-state index contributed by atoms with van der Waals surface area (Å²) in [6.45, 7) is 16.8. The Morgan fingerprint density at radius 1 is 0.667 bits per heavy atom. The van der Waals surface area contributed by atoms with Gasteiger partial charge in [-0.05, 0) is 59.8 Å². The number of carbonyl (C=O) groups excluding carboxylic acids is 3. The molecule has 20 nitrogen and oxygen atoms in total. The Morgan fingerprint density at radius 3 is 1.50 bits per heavy atom. The Kier molecular flexibility index (Phi) is 21.6. The van der Waals surface area contributed by atoms with Crippen molar-refractivity contribution in [3.8, 4) is 0 Å². The molecule has 9 unspecified atom stereocenters. The first-order valence-electron chi connectivity index (χ1n) is 17.5. The lowest BCUT2D eigenvalue weighted by Gasteiger charge is -2.44. The van der Waals surface area contributed by atoms with Gasteiger partial charge in [-0.3, -0.25) is 4.79 Å². The van der Waals surface area contributed by atoms with Crippen LogP contribution in [0.3, 0.4) is 0 Å². The average molecular weight is 810 g/mol. The van der Waals surface area contributed by atoms with E-state index in [0.717, 1.165) is 6.42 Å². The number of hydrogen-bond acceptors (Lipinski definition) is 18. The van der Waals surface area contributed by atoms with Crippen molar-refractivity contribution < 1.29 is 83.7 Å². The molecule has 3 rings (SSSR count). The van der Waals surface area contributed by atoms with Gasteiger partial charge in [-0.1, -0.05) is 20.8 Å². The van der Waals surface area contributed by atoms with Gasteiger partial charge in [0.2, 0.25) is 6.29 Å². The lowest BCUT2D eigenvalue weighted by Crippen LogP contribution is -2.64. The zero-order valence-corrected chi connectivity index (χ0v) is 33.3. The number of alkyl carbamates (subject to hydrolysis) is 2. The lowest BCUT2D eigenvalue weighted by molar-refractivity contribution is -0.253. The summed E-state index contributed by atoms with van der Waals surface area (Å²) in [5.41, 5.74) is 3.94. The molecule has 2 amide bonds. The van der Waals surface area contributed by atoms with Gasteiger partial charge in [0, 0.05) is 6.92 Å². The second-order valence-corrected chi connectivity index (χ2v) is 15.2. The van der Waals surface area contributed by atoms with E-state index in [-0.39, 0.29) is 30.3 Å². The van der Waals surface area contributed by atoms with Crippen LogP contribution in [0.25, 0.3) is 0 Å². The first-order valence-corrected chi connectivity index (χ1v) is 17.5. The first-order chi connectivity index (χ1) is 24.3. The molecule has 21 heteroatoms. The maximum atomic E-state index is 12.0. The van der Waals surface area contributed by atoms with E-state index in [4.69, 9.17) is 49.5 Å². The topological polar surface area (TPSA) is 319 Å². The number of aliphatic hydroxyl groups excluding tert-OH is 8. The number of rotatable bonds is 6. The Labute approximate surface area is 322 Å². The maximum Gasteiger partial charge on any atom is 0.408 e. The van der Waals surface area contributed by atoms with Crippen LogP contribution in [0.2, 0.25) is 0 Å². The monoisotopic (exact) mass is 809 g/mol. The van der Waals surface area contributed by atoms with E-state index in [1.54, 1.807) is 41.5 Å². The molecule has 0 bridgehead atoms. The molecule has 3 aliphatic rings. The summed E-state index contributed by atoms with van der Waals surface area (Å²) in [5.74, 6) is -0.107. The Morgan fingerprint density at radius 2 is 1.09 bits per heavy atom. The highest BCUT2D eigenvalue weighted by Gasteiger charge is 2.46. The minimum absolute atomic E-state index is 0. The quantitative estimate of drug-likeness (QED) is 0.106. The van der Waals surface area contributed by atoms with E-state index in [1.807, 2.05) is 13.8 Å². The summed E-state index contributed by atoms with van der Waals surface area (Å²) in [6.07, 6.45) is -11.8. The third kappa shape index (κ3) is 16.1. The normalized spacial score (nSPS) is 36.7. The number of amides is 2. The van der Waals surface area contributed by atoms with Crippen LogP contribution in [0.1, 0.15) is 75.7 Å². The number of nitrogens with one attached hydrogen (secondary N) is 2. The summed E-state index contributed by atoms with van der Waals surface area (Å²) in [4.78, 5) is 34.9. The molecule has 0 saturated carbocycles. The standard InChI is InChI=1S/C16H29NO5.C11H21NO7.C6H13NO5.ClH/c1-8-12-9(2)10(3)13(14(21-12)20-11(4)18)17-15(19)22-16(5,6)7;1-11(2,3)19-10(17)12-6-8(15)7(14)5(4-13)18-9(6)16;7-3-5(10)4(9)2(1-8)12-6(3)11;/h9-10,12-14H,8H2,1-7H3,(H,17,19);5-9,13-16H,4H2,1-3H3,(H,12,17);2-6,8-11H,1,7H2;1H/t9-,10-,12?,13?,14?;5?,6?,7-,8-,9?;2?,3?,4-,5-,6?;/m011./s1. The number of ether oxygens (including phenoxy) is 6. The van der Waals surface area contributed by atoms with Gasteiger partial charge in [-0.2, -0.15) is 0 Å². The number of halogens is 1. The third-order valence-corrected chi connectivity index (χ3v) is 8.48. The van der Waals surface area contributed by atoms with Gasteiger partial charge in [-0.15, -0.1) is 12.4 Å². The van der Waals surface area contributed by atoms with Crippen molar-refractivity contribution in [2.45, 2.75) is 167 Å². The summed E-state index contributed by atoms with van der Waals surface area (Å²) in [7, 11) is 0. The number of hydrogen-bond donors (Lipinski definition) is 11. The van der Waals surface area contributed by atoms with Gasteiger partial charge in [0.15, 0.2) is 12.6 Å². The van der Waals surface area contributed by atoms with Gasteiger partial charge < -0.3 is 85.6 Å². The molecule has 54 heavy (non-hydrogen) atoms. The van der Waals surface area contributed by atoms with Crippen molar-refractivity contribution in [1.82, 2.24) is 10.6 Å². The fourth-order valence-electron chi connectivity index (χ4n) is 5.48. The van der Waals surface area contributed by atoms with Gasteiger partial charge >= 0.3 is 18.2 Å². The van der Waals surface area contributed by atoms with Crippen LogP contribution < -0.4 is 16.4 Å². The van der Waals surface area contributed by atoms with Crippen LogP contribution in [0.15, 0.2) is 0 Å². The Balaban J connectivity index is 0.000000804. The van der Waals surface area contributed by atoms with Crippen molar-refractivity contribution in [2.75, 3.05) is 13.2 Å². The first kappa shape index (κ1) is 51.8. The van der Waals surface area contributed by atoms with E-state index < -0.39 is 116 Å². The predicted molar refractivity (Wildman–Crippen MR) is 191 cm³/mol. The van der Waals surface area contributed by atoms with Crippen LogP contribution in [0.5, 0.6) is 0 Å². The number of carbonyl (C=O) groups is 3. The van der Waals surface area contributed by atoms with Crippen molar-refractivity contribution >= 4 is 30.6 Å². The van der Waals surface area contributed by atoms with E-state index in [2.05, 4.69) is 17.6 Å². The molecule has 12 N–H and O–H groups in total. The van der Waals surface area contributed by atoms with Gasteiger partial charge in [-0.25, -0.2) is 9.59 Å². The van der Waals surface area contributed by atoms with E-state index in [9.17, 15) is 39.9 Å². The SMILES string of the molecule is CC(C)(C)OC(=O)NC1C(O)OC(CO)[C@@H](O)[C@@H]1O.CCC1OC(OC(C)=O)C(NC(=O)OC(C)(C)C)[C@@H](C)[C@@H]1C.Cl.NC1C(O)OC(CO)[C@@H](O)[C@@H]1O. The molecule has 0 aliphatic carbocycles. The van der Waals surface area contributed by atoms with Crippen LogP contribution >= 0.6 is 12.4 Å². The van der Waals surface area contributed by atoms with Crippen LogP contribution in [0.4, 0.5) is 9.59 Å². The van der Waals surface area contributed by atoms with Crippen LogP contribution in [0, 0.1) is 11.8 Å². The largest absolute Gasteiger partial charge is 0.444 e. The minimum Gasteiger partial charge on any atom is -0.444 e. The van der Waals surface area contributed by atoms with Crippen molar-refractivity contribution in [1.29, 1.82) is 0 Å². The van der Waals surface area contributed by atoms with Crippen molar-refractivity contribution in [3.05, 3.63) is 0 Å². The lowest BCUT2D eigenvalue weighted by atomic mass is 9.81. The van der Waals surface area contributed by atoms with E-state index in [1.165, 1.54) is 6.92 Å². The highest BCUT2D eigenvalue weighted by atomic mass is 35.5. The molecule has 320 valence electrons. The molecule has 0 aromatic carbocycles. The zero-order valence-electron chi connectivity index (χ0n) is 32.5. The van der Waals surface area contributed by atoms with Crippen molar-refractivity contribution in [3.63, 3.8) is 0 Å². The zero-order chi connectivity index (χ0) is 41.2. The summed E-state index contributed by atoms with van der Waals surface area (Å²) < 4.78 is 31.0. The highest BCUT2D eigenvalue weighted by molar-refractivity contribution is 5.85. The highest BCUT2D eigenvalue weighted by Crippen LogP contribution is 2.33. The fourth-order valence-corrected chi connectivity index (χ4v) is 5.48. The van der Waals surface area contributed by atoms with Gasteiger partial charge in [0.05, 0.1) is 31.4 Å². The third-order valence-electron chi connectivity index (χ3n) is 8.48. The smallest absolute Gasteiger partial charge is 0.408 e. The van der Waals surface area contributed by atoms with E-state index in [0.29, 0.717) is 0 Å². The molecule has 0 aromatic heterocycles. The molecular weight excluding hydrogens is 746 g/mol. The molecular formula is C33H64ClN3O17. The minimum atomic E-state index is -1.55. The second kappa shape index (κ2) is 22.5. The molecule has 15 atom stereocenters. The van der Waals surface area contributed by atoms with Gasteiger partial charge in [0.1, 0.15) is 53.9 Å². The molecule has 0 aromatic rings. The van der Waals surface area contributed by atoms with Crippen LogP contribution in [-0.4, -0.2) is 163 Å². The molecule has 3 saturated heterocycles. The predicted octanol–water partition coefficient (Wildman–Crippen LogP) is -1.67. The molecule has 3 fully saturated rings. The Bertz CT molecular complexity index is 1140. The Hall–Kier alpha value is -2.18. The molecule has 3 aliphatic heterocycles. The van der Waals surface area contributed by atoms with E-state index >= 15 is 0 Å². The fraction of sp³-hybridized carbons (Fsp3) is 0.909. The maximum absolute atomic E-state index is 12.0. The molecule has 0 radical (unpaired) electrons. The summed E-state index contributed by atoms with van der Waals surface area (Å²) in [6, 6.07) is -2.72. The number of aliphatic hydroxyl groups is 8. The van der Waals surface area contributed by atoms with Gasteiger partial charge in [0.25, 0.3) is 0 Å². The summed E-state index contributed by atoms with van der Waals surface area (Å²) in [5, 5.41) is 79.0. The van der Waals surface area contributed by atoms with Crippen LogP contribution in [-0.2, 0) is 33.2 Å². The number of esters is 1. The number of nitrogens with two attached hydrogens (primary N) is 1. The summed E-state index contributed by atoms with van der Waals surface area (Å²) >= 11 is 0. The molecule has 0 spiro atoms. The van der Waals surface area contributed by atoms with Crippen molar-refractivity contribution in [2.24, 2.45) is 17.6 Å².